The van der Waals surface area contributed by atoms with Crippen LogP contribution in [-0.4, -0.2) is 10.8 Å². The van der Waals surface area contributed by atoms with E-state index in [1.807, 2.05) is 19.9 Å². The Kier molecular flexibility index (Phi) is 3.92. The van der Waals surface area contributed by atoms with Gasteiger partial charge in [0.05, 0.1) is 16.6 Å². The number of aryl methyl sites for hydroxylation is 4. The van der Waals surface area contributed by atoms with Crippen molar-refractivity contribution in [1.82, 2.24) is 4.98 Å². The first kappa shape index (κ1) is 14.4. The quantitative estimate of drug-likeness (QED) is 0.799. The highest BCUT2D eigenvalue weighted by Crippen LogP contribution is 2.34. The highest BCUT2D eigenvalue weighted by Gasteiger charge is 2.28. The Balaban J connectivity index is 1.91. The minimum absolute atomic E-state index is 0.0895. The molecule has 108 valence electrons. The number of Topliss-reactive ketones (excluding diaryl/α,β-unsaturated/α-hetero) is 1. The van der Waals surface area contributed by atoms with E-state index in [9.17, 15) is 10.1 Å². The zero-order valence-corrected chi connectivity index (χ0v) is 13.7. The molecule has 0 saturated carbocycles. The molecule has 0 unspecified atom stereocenters. The third-order valence-electron chi connectivity index (χ3n) is 3.87. The fourth-order valence-corrected chi connectivity index (χ4v) is 5.00. The summed E-state index contributed by atoms with van der Waals surface area (Å²) in [6, 6.07) is 4.14. The molecule has 2 aromatic heterocycles. The van der Waals surface area contributed by atoms with E-state index in [2.05, 4.69) is 11.1 Å². The first-order valence-corrected chi connectivity index (χ1v) is 8.79. The number of rotatable bonds is 4. The third kappa shape index (κ3) is 2.54. The first-order chi connectivity index (χ1) is 10.1. The first-order valence-electron chi connectivity index (χ1n) is 7.15. The number of fused-ring (bicyclic) bond motifs is 1. The Labute approximate surface area is 132 Å². The molecule has 0 amide bonds. The highest BCUT2D eigenvalue weighted by molar-refractivity contribution is 7.14. The van der Waals surface area contributed by atoms with Crippen LogP contribution in [0.5, 0.6) is 0 Å². The van der Waals surface area contributed by atoms with Gasteiger partial charge in [0.2, 0.25) is 0 Å². The second kappa shape index (κ2) is 5.70. The summed E-state index contributed by atoms with van der Waals surface area (Å²) >= 11 is 3.04. The minimum Gasteiger partial charge on any atom is -0.291 e. The molecule has 21 heavy (non-hydrogen) atoms. The van der Waals surface area contributed by atoms with E-state index in [0.717, 1.165) is 34.7 Å². The molecule has 2 heterocycles. The van der Waals surface area contributed by atoms with Crippen molar-refractivity contribution < 1.29 is 4.79 Å². The van der Waals surface area contributed by atoms with Crippen LogP contribution in [0, 0.1) is 18.3 Å². The van der Waals surface area contributed by atoms with Crippen molar-refractivity contribution in [3.63, 3.8) is 0 Å². The fraction of sp³-hybridized carbons (Fsp3) is 0.438. The molecule has 0 spiro atoms. The molecule has 2 aromatic rings. The van der Waals surface area contributed by atoms with Crippen LogP contribution in [0.15, 0.2) is 6.07 Å². The van der Waals surface area contributed by atoms with Gasteiger partial charge in [-0.1, -0.05) is 6.92 Å². The average Bonchev–Trinajstić information content (AvgIpc) is 3.13. The number of carbonyl (C=O) groups excluding carboxylic acids is 1. The molecular formula is C16H16N2OS2. The minimum atomic E-state index is -0.757. The molecule has 3 nitrogen and oxygen atoms in total. The van der Waals surface area contributed by atoms with Gasteiger partial charge < -0.3 is 0 Å². The Hall–Kier alpha value is -1.51. The van der Waals surface area contributed by atoms with Crippen molar-refractivity contribution in [2.75, 3.05) is 0 Å². The van der Waals surface area contributed by atoms with Gasteiger partial charge in [-0.2, -0.15) is 5.26 Å². The number of carbonyl (C=O) groups is 1. The number of aromatic nitrogens is 1. The predicted octanol–water partition coefficient (Wildman–Crippen LogP) is 4.05. The van der Waals surface area contributed by atoms with Gasteiger partial charge >= 0.3 is 0 Å². The summed E-state index contributed by atoms with van der Waals surface area (Å²) in [6.07, 6.45) is 4.15. The largest absolute Gasteiger partial charge is 0.291 e. The van der Waals surface area contributed by atoms with E-state index in [-0.39, 0.29) is 5.78 Å². The fourth-order valence-electron chi connectivity index (χ4n) is 2.72. The van der Waals surface area contributed by atoms with Crippen LogP contribution in [-0.2, 0) is 19.3 Å². The lowest BCUT2D eigenvalue weighted by Crippen LogP contribution is -2.09. The highest BCUT2D eigenvalue weighted by atomic mass is 32.1. The molecule has 0 radical (unpaired) electrons. The van der Waals surface area contributed by atoms with Gasteiger partial charge in [-0.05, 0) is 44.2 Å². The van der Waals surface area contributed by atoms with E-state index in [1.54, 1.807) is 11.3 Å². The van der Waals surface area contributed by atoms with Crippen molar-refractivity contribution >= 4 is 28.5 Å². The molecule has 1 aliphatic carbocycles. The number of nitriles is 1. The van der Waals surface area contributed by atoms with Crippen molar-refractivity contribution in [1.29, 1.82) is 5.26 Å². The van der Waals surface area contributed by atoms with Crippen LogP contribution >= 0.6 is 22.7 Å². The molecule has 0 N–H and O–H groups in total. The number of nitrogens with zero attached hydrogens (tertiary/aromatic N) is 2. The summed E-state index contributed by atoms with van der Waals surface area (Å²) in [4.78, 5) is 20.3. The maximum Gasteiger partial charge on any atom is 0.196 e. The summed E-state index contributed by atoms with van der Waals surface area (Å²) in [5.74, 6) is -0.846. The van der Waals surface area contributed by atoms with Crippen molar-refractivity contribution in [2.45, 2.75) is 45.4 Å². The SMILES string of the molecule is CCc1nc([C@@H](C#N)C(=O)c2cc3c(s2)CCC3)sc1C. The topological polar surface area (TPSA) is 53.8 Å². The number of thiazole rings is 1. The van der Waals surface area contributed by atoms with Crippen molar-refractivity contribution in [3.8, 4) is 6.07 Å². The molecular weight excluding hydrogens is 300 g/mol. The number of hydrogen-bond donors (Lipinski definition) is 0. The second-order valence-corrected chi connectivity index (χ2v) is 7.62. The lowest BCUT2D eigenvalue weighted by atomic mass is 10.0. The summed E-state index contributed by atoms with van der Waals surface area (Å²) < 4.78 is 0. The second-order valence-electron chi connectivity index (χ2n) is 5.25. The third-order valence-corrected chi connectivity index (χ3v) is 6.20. The Morgan fingerprint density at radius 3 is 2.90 bits per heavy atom. The normalized spacial score (nSPS) is 14.7. The molecule has 1 aliphatic rings. The molecule has 3 rings (SSSR count). The summed E-state index contributed by atoms with van der Waals surface area (Å²) in [6.45, 7) is 4.04. The Morgan fingerprint density at radius 2 is 2.29 bits per heavy atom. The monoisotopic (exact) mass is 316 g/mol. The maximum absolute atomic E-state index is 12.6. The Bertz CT molecular complexity index is 715. The predicted molar refractivity (Wildman–Crippen MR) is 85.3 cm³/mol. The van der Waals surface area contributed by atoms with E-state index >= 15 is 0 Å². The van der Waals surface area contributed by atoms with Gasteiger partial charge in [0.1, 0.15) is 5.01 Å². The van der Waals surface area contributed by atoms with Gasteiger partial charge in [0, 0.05) is 9.75 Å². The molecule has 1 atom stereocenters. The van der Waals surface area contributed by atoms with E-state index in [1.165, 1.54) is 28.2 Å². The van der Waals surface area contributed by atoms with Gasteiger partial charge in [0.15, 0.2) is 11.7 Å². The van der Waals surface area contributed by atoms with Crippen molar-refractivity contribution in [2.24, 2.45) is 0 Å². The van der Waals surface area contributed by atoms with Crippen LogP contribution in [0.1, 0.15) is 55.0 Å². The molecule has 0 aromatic carbocycles. The average molecular weight is 316 g/mol. The summed E-state index contributed by atoms with van der Waals surface area (Å²) in [5.41, 5.74) is 2.29. The number of hydrogen-bond acceptors (Lipinski definition) is 5. The Morgan fingerprint density at radius 1 is 1.48 bits per heavy atom. The van der Waals surface area contributed by atoms with E-state index < -0.39 is 5.92 Å². The lowest BCUT2D eigenvalue weighted by molar-refractivity contribution is 0.0982. The summed E-state index contributed by atoms with van der Waals surface area (Å²) in [5, 5.41) is 10.1. The summed E-state index contributed by atoms with van der Waals surface area (Å²) in [7, 11) is 0. The van der Waals surface area contributed by atoms with Crippen LogP contribution in [0.2, 0.25) is 0 Å². The molecule has 0 saturated heterocycles. The maximum atomic E-state index is 12.6. The van der Waals surface area contributed by atoms with Gasteiger partial charge in [-0.25, -0.2) is 4.98 Å². The van der Waals surface area contributed by atoms with Gasteiger partial charge in [-0.15, -0.1) is 22.7 Å². The standard InChI is InChI=1S/C16H16N2OS2/c1-3-12-9(2)20-16(18-12)11(8-17)15(19)14-7-10-5-4-6-13(10)21-14/h7,11H,3-6H2,1-2H3/t11-/m0/s1. The van der Waals surface area contributed by atoms with Crippen LogP contribution in [0.25, 0.3) is 0 Å². The molecule has 0 aliphatic heterocycles. The van der Waals surface area contributed by atoms with Crippen LogP contribution < -0.4 is 0 Å². The van der Waals surface area contributed by atoms with Gasteiger partial charge in [0.25, 0.3) is 0 Å². The zero-order valence-electron chi connectivity index (χ0n) is 12.1. The van der Waals surface area contributed by atoms with E-state index in [0.29, 0.717) is 5.01 Å². The van der Waals surface area contributed by atoms with Crippen LogP contribution in [0.3, 0.4) is 0 Å². The molecule has 0 fully saturated rings. The zero-order chi connectivity index (χ0) is 15.0. The number of thiophene rings is 1. The van der Waals surface area contributed by atoms with E-state index in [4.69, 9.17) is 0 Å². The van der Waals surface area contributed by atoms with Crippen molar-refractivity contribution in [3.05, 3.63) is 37.0 Å². The molecule has 5 heteroatoms. The number of ketones is 1. The smallest absolute Gasteiger partial charge is 0.196 e. The van der Waals surface area contributed by atoms with Gasteiger partial charge in [-0.3, -0.25) is 4.79 Å². The molecule has 0 bridgehead atoms. The van der Waals surface area contributed by atoms with Crippen LogP contribution in [0.4, 0.5) is 0 Å². The lowest BCUT2D eigenvalue weighted by Gasteiger charge is -2.02.